The Morgan fingerprint density at radius 2 is 1.07 bits per heavy atom. The van der Waals surface area contributed by atoms with Crippen molar-refractivity contribution in [1.82, 2.24) is 0 Å². The van der Waals surface area contributed by atoms with Gasteiger partial charge in [-0.15, -0.1) is 0 Å². The van der Waals surface area contributed by atoms with Gasteiger partial charge < -0.3 is 9.47 Å². The summed E-state index contributed by atoms with van der Waals surface area (Å²) >= 11 is 0. The van der Waals surface area contributed by atoms with E-state index in [0.717, 1.165) is 11.1 Å². The maximum Gasteiger partial charge on any atom is 0.154 e. The van der Waals surface area contributed by atoms with Crippen LogP contribution in [0.5, 0.6) is 11.5 Å². The molecule has 0 aliphatic carbocycles. The first-order chi connectivity index (χ1) is 13.3. The van der Waals surface area contributed by atoms with Crippen LogP contribution in [0.25, 0.3) is 0 Å². The number of ether oxygens (including phenoxy) is 2. The molecular weight excluding hydrogens is 356 g/mol. The van der Waals surface area contributed by atoms with Crippen LogP contribution in [0.15, 0.2) is 12.1 Å². The summed E-state index contributed by atoms with van der Waals surface area (Å²) in [7, 11) is 3.01. The van der Waals surface area contributed by atoms with Crippen LogP contribution in [0, 0.1) is 50.4 Å². The molecule has 6 nitrogen and oxygen atoms in total. The van der Waals surface area contributed by atoms with E-state index in [1.54, 1.807) is 26.0 Å². The number of aldehydes is 2. The van der Waals surface area contributed by atoms with Gasteiger partial charge in [-0.3, -0.25) is 9.59 Å². The molecule has 0 aromatic heterocycles. The molecule has 28 heavy (non-hydrogen) atoms. The highest BCUT2D eigenvalue weighted by atomic mass is 16.5. The van der Waals surface area contributed by atoms with Gasteiger partial charge in [-0.05, 0) is 62.1 Å². The largest absolute Gasteiger partial charge is 0.496 e. The second-order valence-corrected chi connectivity index (χ2v) is 6.08. The topological polar surface area (TPSA) is 100 Å². The van der Waals surface area contributed by atoms with Crippen molar-refractivity contribution in [3.63, 3.8) is 0 Å². The van der Waals surface area contributed by atoms with E-state index in [0.29, 0.717) is 57.5 Å². The monoisotopic (exact) mass is 378 g/mol. The fraction of sp³-hybridized carbons (Fsp3) is 0.273. The number of aryl methyl sites for hydroxylation is 2. The summed E-state index contributed by atoms with van der Waals surface area (Å²) < 4.78 is 10.1. The Morgan fingerprint density at radius 1 is 0.750 bits per heavy atom. The van der Waals surface area contributed by atoms with Crippen LogP contribution < -0.4 is 9.47 Å². The summed E-state index contributed by atoms with van der Waals surface area (Å²) in [6.07, 6.45) is 1.43. The number of rotatable bonds is 4. The molecule has 0 amide bonds. The number of methoxy groups -OCH3 is 2. The van der Waals surface area contributed by atoms with E-state index in [1.165, 1.54) is 14.2 Å². The standard InChI is InChI=1S/2C11H11NO2/c2*1-7-4-11(14-3)10(6-13)8(2)9(7)5-12/h2*4,6H,1-3H3. The summed E-state index contributed by atoms with van der Waals surface area (Å²) in [5.41, 5.74) is 5.02. The van der Waals surface area contributed by atoms with Crippen molar-refractivity contribution in [3.8, 4) is 23.6 Å². The number of nitrogens with zero attached hydrogens (tertiary/aromatic N) is 2. The lowest BCUT2D eigenvalue weighted by Crippen LogP contribution is -1.99. The lowest BCUT2D eigenvalue weighted by molar-refractivity contribution is 0.111. The zero-order chi connectivity index (χ0) is 21.4. The molecule has 0 saturated carbocycles. The van der Waals surface area contributed by atoms with Crippen LogP contribution in [0.1, 0.15) is 54.1 Å². The van der Waals surface area contributed by atoms with Crippen molar-refractivity contribution >= 4 is 12.6 Å². The second kappa shape index (κ2) is 9.89. The van der Waals surface area contributed by atoms with Crippen molar-refractivity contribution in [2.75, 3.05) is 14.2 Å². The van der Waals surface area contributed by atoms with Gasteiger partial charge in [0.05, 0.1) is 48.6 Å². The normalized spacial score (nSPS) is 9.29. The summed E-state index contributed by atoms with van der Waals surface area (Å²) in [5.74, 6) is 1.04. The molecule has 0 radical (unpaired) electrons. The molecule has 0 fully saturated rings. The fourth-order valence-electron chi connectivity index (χ4n) is 2.90. The first-order valence-corrected chi connectivity index (χ1v) is 8.38. The van der Waals surface area contributed by atoms with Crippen LogP contribution in [0.4, 0.5) is 0 Å². The molecule has 0 spiro atoms. The first-order valence-electron chi connectivity index (χ1n) is 8.38. The van der Waals surface area contributed by atoms with Crippen LogP contribution >= 0.6 is 0 Å². The lowest BCUT2D eigenvalue weighted by atomic mass is 9.98. The Balaban J connectivity index is 0.000000280. The summed E-state index contributed by atoms with van der Waals surface area (Å²) in [4.78, 5) is 21.6. The van der Waals surface area contributed by atoms with Crippen molar-refractivity contribution in [2.24, 2.45) is 0 Å². The Morgan fingerprint density at radius 3 is 1.29 bits per heavy atom. The van der Waals surface area contributed by atoms with Gasteiger partial charge in [-0.2, -0.15) is 10.5 Å². The van der Waals surface area contributed by atoms with Crippen LogP contribution in [0.3, 0.4) is 0 Å². The molecule has 0 unspecified atom stereocenters. The molecule has 0 aliphatic heterocycles. The third kappa shape index (κ3) is 4.36. The highest BCUT2D eigenvalue weighted by Crippen LogP contribution is 2.27. The smallest absolute Gasteiger partial charge is 0.154 e. The Bertz CT molecular complexity index is 914. The van der Waals surface area contributed by atoms with E-state index in [4.69, 9.17) is 20.0 Å². The van der Waals surface area contributed by atoms with Gasteiger partial charge in [0.15, 0.2) is 12.6 Å². The van der Waals surface area contributed by atoms with Crippen LogP contribution in [0.2, 0.25) is 0 Å². The highest BCUT2D eigenvalue weighted by Gasteiger charge is 2.13. The average molecular weight is 378 g/mol. The Labute approximate surface area is 164 Å². The van der Waals surface area contributed by atoms with E-state index in [1.807, 2.05) is 13.8 Å². The van der Waals surface area contributed by atoms with Crippen molar-refractivity contribution in [1.29, 1.82) is 10.5 Å². The number of hydrogen-bond donors (Lipinski definition) is 0. The summed E-state index contributed by atoms with van der Waals surface area (Å²) in [6.45, 7) is 7.14. The highest BCUT2D eigenvalue weighted by molar-refractivity contribution is 5.84. The molecule has 0 N–H and O–H groups in total. The van der Waals surface area contributed by atoms with Crippen molar-refractivity contribution in [3.05, 3.63) is 56.6 Å². The molecule has 0 saturated heterocycles. The molecule has 0 heterocycles. The fourth-order valence-corrected chi connectivity index (χ4v) is 2.90. The Kier molecular flexibility index (Phi) is 7.91. The minimum Gasteiger partial charge on any atom is -0.496 e. The van der Waals surface area contributed by atoms with Gasteiger partial charge in [0, 0.05) is 0 Å². The first kappa shape index (κ1) is 22.4. The molecule has 2 aromatic carbocycles. The lowest BCUT2D eigenvalue weighted by Gasteiger charge is -2.10. The second-order valence-electron chi connectivity index (χ2n) is 6.08. The van der Waals surface area contributed by atoms with Gasteiger partial charge in [-0.1, -0.05) is 0 Å². The van der Waals surface area contributed by atoms with Crippen molar-refractivity contribution < 1.29 is 19.1 Å². The quantitative estimate of drug-likeness (QED) is 0.746. The number of nitriles is 2. The average Bonchev–Trinajstić information content (AvgIpc) is 2.68. The molecular formula is C22H22N2O4. The molecule has 0 bridgehead atoms. The maximum absolute atomic E-state index is 10.8. The minimum atomic E-state index is 0.453. The zero-order valence-corrected chi connectivity index (χ0v) is 16.8. The van der Waals surface area contributed by atoms with E-state index >= 15 is 0 Å². The summed E-state index contributed by atoms with van der Waals surface area (Å²) in [5, 5.41) is 17.8. The number of hydrogen-bond acceptors (Lipinski definition) is 6. The van der Waals surface area contributed by atoms with Gasteiger partial charge >= 0.3 is 0 Å². The zero-order valence-electron chi connectivity index (χ0n) is 16.8. The molecule has 0 atom stereocenters. The number of benzene rings is 2. The third-order valence-corrected chi connectivity index (χ3v) is 4.47. The van der Waals surface area contributed by atoms with Gasteiger partial charge in [0.2, 0.25) is 0 Å². The van der Waals surface area contributed by atoms with E-state index in [2.05, 4.69) is 12.1 Å². The molecule has 6 heteroatoms. The maximum atomic E-state index is 10.8. The van der Waals surface area contributed by atoms with E-state index < -0.39 is 0 Å². The number of carbonyl (C=O) groups is 2. The van der Waals surface area contributed by atoms with Gasteiger partial charge in [-0.25, -0.2) is 0 Å². The predicted octanol–water partition coefficient (Wildman–Crippen LogP) is 3.99. The molecule has 0 aliphatic rings. The molecule has 144 valence electrons. The predicted molar refractivity (Wildman–Crippen MR) is 105 cm³/mol. The van der Waals surface area contributed by atoms with E-state index in [-0.39, 0.29) is 0 Å². The molecule has 2 rings (SSSR count). The number of carbonyl (C=O) groups excluding carboxylic acids is 2. The minimum absolute atomic E-state index is 0.453. The van der Waals surface area contributed by atoms with Crippen LogP contribution in [-0.2, 0) is 0 Å². The molecule has 2 aromatic rings. The van der Waals surface area contributed by atoms with Gasteiger partial charge in [0.25, 0.3) is 0 Å². The van der Waals surface area contributed by atoms with Gasteiger partial charge in [0.1, 0.15) is 11.5 Å². The Hall–Kier alpha value is -3.64. The van der Waals surface area contributed by atoms with Crippen LogP contribution in [-0.4, -0.2) is 26.8 Å². The third-order valence-electron chi connectivity index (χ3n) is 4.47. The SMILES string of the molecule is COc1cc(C)c(C#N)c(C)c1C=O.COc1cc(C)c(C#N)c(C)c1C=O. The summed E-state index contributed by atoms with van der Waals surface area (Å²) in [6, 6.07) is 7.56. The van der Waals surface area contributed by atoms with E-state index in [9.17, 15) is 9.59 Å². The van der Waals surface area contributed by atoms with Crippen molar-refractivity contribution in [2.45, 2.75) is 27.7 Å².